The highest BCUT2D eigenvalue weighted by molar-refractivity contribution is 5.67. The predicted molar refractivity (Wildman–Crippen MR) is 55.7 cm³/mol. The van der Waals surface area contributed by atoms with Crippen molar-refractivity contribution in [2.45, 2.75) is 13.0 Å². The number of hydrogen-bond donors (Lipinski definition) is 0. The summed E-state index contributed by atoms with van der Waals surface area (Å²) in [6, 6.07) is 11.0. The van der Waals surface area contributed by atoms with Crippen molar-refractivity contribution in [1.82, 2.24) is 0 Å². The molecule has 15 heavy (non-hydrogen) atoms. The van der Waals surface area contributed by atoms with Crippen LogP contribution in [0.15, 0.2) is 42.5 Å². The van der Waals surface area contributed by atoms with E-state index in [1.165, 1.54) is 6.92 Å². The van der Waals surface area contributed by atoms with Gasteiger partial charge in [0, 0.05) is 6.92 Å². The largest absolute Gasteiger partial charge is 0.452 e. The Labute approximate surface area is 88.6 Å². The number of hydrogen-bond acceptors (Lipinski definition) is 3. The standard InChI is InChI=1S/C12H11NO2/c1-9(8-13)12(15-10(2)14)11-6-4-3-5-7-11/h3-7,12H,1H2,2H3. The Kier molecular flexibility index (Phi) is 3.64. The van der Waals surface area contributed by atoms with E-state index in [1.54, 1.807) is 12.1 Å². The normalized spacial score (nSPS) is 11.2. The van der Waals surface area contributed by atoms with Crippen molar-refractivity contribution in [3.05, 3.63) is 48.0 Å². The van der Waals surface area contributed by atoms with Gasteiger partial charge in [0.25, 0.3) is 0 Å². The molecule has 76 valence electrons. The zero-order valence-corrected chi connectivity index (χ0v) is 8.43. The molecule has 0 N–H and O–H groups in total. The lowest BCUT2D eigenvalue weighted by atomic mass is 10.0. The summed E-state index contributed by atoms with van der Waals surface area (Å²) < 4.78 is 5.03. The average Bonchev–Trinajstić information content (AvgIpc) is 2.26. The third-order valence-electron chi connectivity index (χ3n) is 1.85. The van der Waals surface area contributed by atoms with E-state index in [4.69, 9.17) is 10.00 Å². The topological polar surface area (TPSA) is 50.1 Å². The van der Waals surface area contributed by atoms with E-state index in [0.29, 0.717) is 0 Å². The van der Waals surface area contributed by atoms with E-state index >= 15 is 0 Å². The number of ether oxygens (including phenoxy) is 1. The van der Waals surface area contributed by atoms with E-state index in [0.717, 1.165) is 5.56 Å². The molecule has 0 bridgehead atoms. The quantitative estimate of drug-likeness (QED) is 0.557. The number of nitriles is 1. The van der Waals surface area contributed by atoms with Gasteiger partial charge < -0.3 is 4.74 Å². The minimum absolute atomic E-state index is 0.219. The van der Waals surface area contributed by atoms with Gasteiger partial charge in [-0.2, -0.15) is 5.26 Å². The summed E-state index contributed by atoms with van der Waals surface area (Å²) >= 11 is 0. The lowest BCUT2D eigenvalue weighted by Crippen LogP contribution is -2.09. The van der Waals surface area contributed by atoms with Crippen molar-refractivity contribution in [1.29, 1.82) is 5.26 Å². The monoisotopic (exact) mass is 201 g/mol. The zero-order chi connectivity index (χ0) is 11.3. The fourth-order valence-electron chi connectivity index (χ4n) is 1.19. The highest BCUT2D eigenvalue weighted by Crippen LogP contribution is 2.23. The van der Waals surface area contributed by atoms with E-state index < -0.39 is 12.1 Å². The van der Waals surface area contributed by atoms with Gasteiger partial charge in [0.1, 0.15) is 0 Å². The molecule has 0 radical (unpaired) electrons. The molecular weight excluding hydrogens is 190 g/mol. The molecule has 0 saturated carbocycles. The van der Waals surface area contributed by atoms with E-state index in [-0.39, 0.29) is 5.57 Å². The van der Waals surface area contributed by atoms with Gasteiger partial charge in [-0.05, 0) is 5.56 Å². The first-order valence-electron chi connectivity index (χ1n) is 4.46. The van der Waals surface area contributed by atoms with Crippen molar-refractivity contribution < 1.29 is 9.53 Å². The Morgan fingerprint density at radius 3 is 2.53 bits per heavy atom. The second-order valence-corrected chi connectivity index (χ2v) is 3.04. The Balaban J connectivity index is 2.97. The van der Waals surface area contributed by atoms with E-state index in [9.17, 15) is 4.79 Å². The van der Waals surface area contributed by atoms with Gasteiger partial charge in [-0.15, -0.1) is 0 Å². The fourth-order valence-corrected chi connectivity index (χ4v) is 1.19. The van der Waals surface area contributed by atoms with Gasteiger partial charge in [-0.1, -0.05) is 36.9 Å². The second kappa shape index (κ2) is 4.97. The Bertz CT molecular complexity index is 403. The smallest absolute Gasteiger partial charge is 0.303 e. The summed E-state index contributed by atoms with van der Waals surface area (Å²) in [5, 5.41) is 8.74. The average molecular weight is 201 g/mol. The fraction of sp³-hybridized carbons (Fsp3) is 0.167. The molecule has 1 aromatic rings. The van der Waals surface area contributed by atoms with Crippen LogP contribution in [-0.4, -0.2) is 5.97 Å². The molecule has 0 aliphatic rings. The van der Waals surface area contributed by atoms with Crippen molar-refractivity contribution in [3.8, 4) is 6.07 Å². The lowest BCUT2D eigenvalue weighted by molar-refractivity contribution is -0.144. The van der Waals surface area contributed by atoms with Crippen molar-refractivity contribution in [2.24, 2.45) is 0 Å². The van der Waals surface area contributed by atoms with Crippen LogP contribution < -0.4 is 0 Å². The summed E-state index contributed by atoms with van der Waals surface area (Å²) in [5.41, 5.74) is 0.968. The molecule has 0 amide bonds. The molecule has 1 atom stereocenters. The van der Waals surface area contributed by atoms with Gasteiger partial charge in [0.2, 0.25) is 0 Å². The molecule has 3 nitrogen and oxygen atoms in total. The maximum Gasteiger partial charge on any atom is 0.303 e. The first-order chi connectivity index (χ1) is 7.15. The summed E-state index contributed by atoms with van der Waals surface area (Å²) in [7, 11) is 0. The molecule has 0 fully saturated rings. The summed E-state index contributed by atoms with van der Waals surface area (Å²) in [6.45, 7) is 4.87. The van der Waals surface area contributed by atoms with E-state index in [1.807, 2.05) is 24.3 Å². The third-order valence-corrected chi connectivity index (χ3v) is 1.85. The molecule has 0 aliphatic carbocycles. The van der Waals surface area contributed by atoms with Crippen LogP contribution in [0, 0.1) is 11.3 Å². The van der Waals surface area contributed by atoms with Crippen LogP contribution in [0.4, 0.5) is 0 Å². The minimum atomic E-state index is -0.673. The third kappa shape index (κ3) is 2.96. The van der Waals surface area contributed by atoms with Gasteiger partial charge in [0.05, 0.1) is 11.6 Å². The summed E-state index contributed by atoms with van der Waals surface area (Å²) in [6.07, 6.45) is -0.673. The van der Waals surface area contributed by atoms with Gasteiger partial charge in [-0.25, -0.2) is 0 Å². The lowest BCUT2D eigenvalue weighted by Gasteiger charge is -2.15. The van der Waals surface area contributed by atoms with Crippen LogP contribution in [0.25, 0.3) is 0 Å². The Hall–Kier alpha value is -2.08. The van der Waals surface area contributed by atoms with E-state index in [2.05, 4.69) is 6.58 Å². The number of benzene rings is 1. The first-order valence-corrected chi connectivity index (χ1v) is 4.46. The molecule has 0 aromatic heterocycles. The van der Waals surface area contributed by atoms with Crippen molar-refractivity contribution in [3.63, 3.8) is 0 Å². The molecule has 0 spiro atoms. The molecule has 3 heteroatoms. The minimum Gasteiger partial charge on any atom is -0.452 e. The van der Waals surface area contributed by atoms with Gasteiger partial charge in [0.15, 0.2) is 6.10 Å². The maximum absolute atomic E-state index is 10.9. The zero-order valence-electron chi connectivity index (χ0n) is 8.43. The number of nitrogens with zero attached hydrogens (tertiary/aromatic N) is 1. The molecule has 1 unspecified atom stereocenters. The highest BCUT2D eigenvalue weighted by atomic mass is 16.5. The SMILES string of the molecule is C=C(C#N)C(OC(C)=O)c1ccccc1. The molecule has 1 rings (SSSR count). The number of esters is 1. The Morgan fingerprint density at radius 1 is 1.47 bits per heavy atom. The summed E-state index contributed by atoms with van der Waals surface area (Å²) in [5.74, 6) is -0.430. The summed E-state index contributed by atoms with van der Waals surface area (Å²) in [4.78, 5) is 10.9. The number of rotatable bonds is 3. The van der Waals surface area contributed by atoms with Crippen LogP contribution in [0.3, 0.4) is 0 Å². The van der Waals surface area contributed by atoms with Gasteiger partial charge >= 0.3 is 5.97 Å². The number of carbonyl (C=O) groups is 1. The van der Waals surface area contributed by atoms with Crippen LogP contribution in [0.1, 0.15) is 18.6 Å². The highest BCUT2D eigenvalue weighted by Gasteiger charge is 2.17. The molecule has 1 aromatic carbocycles. The van der Waals surface area contributed by atoms with Crippen LogP contribution >= 0.6 is 0 Å². The van der Waals surface area contributed by atoms with Crippen LogP contribution in [-0.2, 0) is 9.53 Å². The second-order valence-electron chi connectivity index (χ2n) is 3.04. The first kappa shape index (κ1) is 11.0. The van der Waals surface area contributed by atoms with Crippen molar-refractivity contribution >= 4 is 5.97 Å². The molecule has 0 heterocycles. The van der Waals surface area contributed by atoms with Crippen molar-refractivity contribution in [2.75, 3.05) is 0 Å². The van der Waals surface area contributed by atoms with Gasteiger partial charge in [-0.3, -0.25) is 4.79 Å². The predicted octanol–water partition coefficient (Wildman–Crippen LogP) is 2.37. The molecule has 0 saturated heterocycles. The molecular formula is C12H11NO2. The number of carbonyl (C=O) groups excluding carboxylic acids is 1. The molecule has 0 aliphatic heterocycles. The van der Waals surface area contributed by atoms with Crippen LogP contribution in [0.5, 0.6) is 0 Å². The van der Waals surface area contributed by atoms with Crippen LogP contribution in [0.2, 0.25) is 0 Å². The Morgan fingerprint density at radius 2 is 2.07 bits per heavy atom. The maximum atomic E-state index is 10.9.